The van der Waals surface area contributed by atoms with Crippen molar-refractivity contribution in [2.75, 3.05) is 7.05 Å². The van der Waals surface area contributed by atoms with Crippen LogP contribution in [0.3, 0.4) is 0 Å². The number of rotatable bonds is 5. The second kappa shape index (κ2) is 8.68. The summed E-state index contributed by atoms with van der Waals surface area (Å²) in [6.07, 6.45) is 1.77. The van der Waals surface area contributed by atoms with Gasteiger partial charge in [-0.1, -0.05) is 11.8 Å². The van der Waals surface area contributed by atoms with E-state index >= 15 is 0 Å². The number of aromatic nitrogens is 1. The number of likely N-dealkylation sites (N-methyl/N-ethyl adjacent to an activating group) is 1. The van der Waals surface area contributed by atoms with Gasteiger partial charge in [-0.15, -0.1) is 0 Å². The highest BCUT2D eigenvalue weighted by Crippen LogP contribution is 2.34. The summed E-state index contributed by atoms with van der Waals surface area (Å²) in [5, 5.41) is 10.5. The number of benzene rings is 2. The van der Waals surface area contributed by atoms with Crippen LogP contribution in [0.1, 0.15) is 17.0 Å². The van der Waals surface area contributed by atoms with Crippen LogP contribution in [0.15, 0.2) is 69.3 Å². The Morgan fingerprint density at radius 2 is 1.59 bits per heavy atom. The number of imide groups is 1. The molecule has 0 unspecified atom stereocenters. The lowest BCUT2D eigenvalue weighted by molar-refractivity contribution is -0.384. The predicted molar refractivity (Wildman–Crippen MR) is 126 cm³/mol. The number of thioether (sulfide) groups is 1. The summed E-state index contributed by atoms with van der Waals surface area (Å²) in [5.74, 6) is -0.280. The van der Waals surface area contributed by atoms with E-state index in [2.05, 4.69) is 4.57 Å². The molecular weight excluding hydrogens is 446 g/mol. The van der Waals surface area contributed by atoms with Crippen LogP contribution in [-0.4, -0.2) is 32.6 Å². The number of non-ortho nitro benzene ring substituents is 1. The Balaban J connectivity index is 1.56. The summed E-state index contributed by atoms with van der Waals surface area (Å²) in [5.41, 5.74) is 3.94. The summed E-state index contributed by atoms with van der Waals surface area (Å²) >= 11 is 2.48. The first-order valence-corrected chi connectivity index (χ1v) is 11.3. The van der Waals surface area contributed by atoms with Gasteiger partial charge in [-0.3, -0.25) is 24.6 Å². The molecule has 2 amide bonds. The van der Waals surface area contributed by atoms with Crippen LogP contribution in [0.4, 0.5) is 10.5 Å². The fraction of sp³-hybridized carbons (Fsp3) is 0.130. The van der Waals surface area contributed by atoms with E-state index in [1.807, 2.05) is 44.2 Å². The van der Waals surface area contributed by atoms with E-state index in [4.69, 9.17) is 0 Å². The Bertz CT molecular complexity index is 1260. The standard InChI is InChI=1S/C23H19N3O4S2/c1-14-12-16(13-21-22(27)24(3)23(28)32-21)15(2)25(14)17-4-8-19(9-5-17)31-20-10-6-18(7-11-20)26(29)30/h4-13H,1-3H3/b21-13-. The van der Waals surface area contributed by atoms with Crippen molar-refractivity contribution in [3.63, 3.8) is 0 Å². The SMILES string of the molecule is Cc1cc(/C=C2\SC(=O)N(C)C2=O)c(C)n1-c1ccc(Sc2ccc([N+](=O)[O-])cc2)cc1. The molecule has 0 saturated carbocycles. The third-order valence-electron chi connectivity index (χ3n) is 5.12. The highest BCUT2D eigenvalue weighted by molar-refractivity contribution is 8.18. The van der Waals surface area contributed by atoms with Gasteiger partial charge in [-0.05, 0) is 79.7 Å². The molecule has 1 aliphatic rings. The van der Waals surface area contributed by atoms with E-state index in [1.165, 1.54) is 30.9 Å². The lowest BCUT2D eigenvalue weighted by Gasteiger charge is -2.11. The highest BCUT2D eigenvalue weighted by atomic mass is 32.2. The van der Waals surface area contributed by atoms with E-state index in [9.17, 15) is 19.7 Å². The third-order valence-corrected chi connectivity index (χ3v) is 7.10. The Hall–Kier alpha value is -3.30. The van der Waals surface area contributed by atoms with Crippen molar-refractivity contribution in [3.05, 3.63) is 86.6 Å². The number of carbonyl (C=O) groups excluding carboxylic acids is 2. The Labute approximate surface area is 193 Å². The minimum absolute atomic E-state index is 0.0720. The van der Waals surface area contributed by atoms with Crippen molar-refractivity contribution in [1.82, 2.24) is 9.47 Å². The first-order chi connectivity index (χ1) is 15.2. The number of nitro benzene ring substituents is 1. The zero-order valence-corrected chi connectivity index (χ0v) is 19.2. The van der Waals surface area contributed by atoms with Gasteiger partial charge in [0.05, 0.1) is 9.83 Å². The Kier molecular flexibility index (Phi) is 5.94. The number of amides is 2. The van der Waals surface area contributed by atoms with Crippen LogP contribution >= 0.6 is 23.5 Å². The van der Waals surface area contributed by atoms with E-state index in [0.29, 0.717) is 4.91 Å². The molecule has 0 N–H and O–H groups in total. The quantitative estimate of drug-likeness (QED) is 0.268. The minimum Gasteiger partial charge on any atom is -0.318 e. The summed E-state index contributed by atoms with van der Waals surface area (Å²) in [6.45, 7) is 3.98. The fourth-order valence-corrected chi connectivity index (χ4v) is 5.09. The van der Waals surface area contributed by atoms with Crippen molar-refractivity contribution in [3.8, 4) is 5.69 Å². The molecule has 7 nitrogen and oxygen atoms in total. The molecule has 3 aromatic rings. The van der Waals surface area contributed by atoms with Gasteiger partial charge in [0.1, 0.15) is 0 Å². The van der Waals surface area contributed by atoms with Crippen molar-refractivity contribution >= 4 is 46.4 Å². The van der Waals surface area contributed by atoms with Crippen LogP contribution in [0.2, 0.25) is 0 Å². The van der Waals surface area contributed by atoms with Crippen molar-refractivity contribution in [1.29, 1.82) is 0 Å². The number of nitrogens with zero attached hydrogens (tertiary/aromatic N) is 3. The molecule has 1 saturated heterocycles. The zero-order valence-electron chi connectivity index (χ0n) is 17.6. The van der Waals surface area contributed by atoms with Gasteiger partial charge in [0.2, 0.25) is 0 Å². The molecule has 1 fully saturated rings. The molecule has 2 aromatic carbocycles. The van der Waals surface area contributed by atoms with E-state index < -0.39 is 4.92 Å². The normalized spacial score (nSPS) is 15.1. The van der Waals surface area contributed by atoms with Gasteiger partial charge in [0.25, 0.3) is 16.8 Å². The van der Waals surface area contributed by atoms with Crippen molar-refractivity contribution in [2.24, 2.45) is 0 Å². The summed E-state index contributed by atoms with van der Waals surface area (Å²) in [4.78, 5) is 37.8. The maximum Gasteiger partial charge on any atom is 0.293 e. The molecule has 0 bridgehead atoms. The molecule has 1 aliphatic heterocycles. The molecule has 2 heterocycles. The number of nitro groups is 1. The Morgan fingerprint density at radius 1 is 1.00 bits per heavy atom. The minimum atomic E-state index is -0.410. The van der Waals surface area contributed by atoms with Crippen LogP contribution in [0.25, 0.3) is 11.8 Å². The lowest BCUT2D eigenvalue weighted by Crippen LogP contribution is -2.22. The first-order valence-electron chi connectivity index (χ1n) is 9.68. The van der Waals surface area contributed by atoms with Gasteiger partial charge in [-0.25, -0.2) is 0 Å². The maximum absolute atomic E-state index is 12.2. The number of aryl methyl sites for hydroxylation is 1. The molecule has 0 spiro atoms. The molecule has 1 aromatic heterocycles. The van der Waals surface area contributed by atoms with Crippen LogP contribution in [-0.2, 0) is 4.79 Å². The first kappa shape index (κ1) is 21.9. The largest absolute Gasteiger partial charge is 0.318 e. The van der Waals surface area contributed by atoms with E-state index in [-0.39, 0.29) is 16.8 Å². The van der Waals surface area contributed by atoms with Gasteiger partial charge >= 0.3 is 0 Å². The molecule has 4 rings (SSSR count). The molecular formula is C23H19N3O4S2. The van der Waals surface area contributed by atoms with Gasteiger partial charge in [-0.2, -0.15) is 0 Å². The molecule has 0 radical (unpaired) electrons. The second-order valence-corrected chi connectivity index (χ2v) is 9.39. The van der Waals surface area contributed by atoms with Crippen LogP contribution in [0, 0.1) is 24.0 Å². The summed E-state index contributed by atoms with van der Waals surface area (Å²) in [7, 11) is 1.48. The maximum atomic E-state index is 12.2. The van der Waals surface area contributed by atoms with Gasteiger partial charge in [0, 0.05) is 46.0 Å². The average molecular weight is 466 g/mol. The molecule has 162 valence electrons. The lowest BCUT2D eigenvalue weighted by atomic mass is 10.2. The Morgan fingerprint density at radius 3 is 2.12 bits per heavy atom. The molecule has 0 atom stereocenters. The van der Waals surface area contributed by atoms with Gasteiger partial charge < -0.3 is 4.57 Å². The monoisotopic (exact) mass is 465 g/mol. The van der Waals surface area contributed by atoms with Crippen LogP contribution < -0.4 is 0 Å². The molecule has 32 heavy (non-hydrogen) atoms. The summed E-state index contributed by atoms with van der Waals surface area (Å²) in [6, 6.07) is 16.5. The highest BCUT2D eigenvalue weighted by Gasteiger charge is 2.32. The molecule has 9 heteroatoms. The van der Waals surface area contributed by atoms with Crippen molar-refractivity contribution in [2.45, 2.75) is 23.6 Å². The molecule has 0 aliphatic carbocycles. The smallest absolute Gasteiger partial charge is 0.293 e. The average Bonchev–Trinajstić information content (AvgIpc) is 3.18. The number of carbonyl (C=O) groups is 2. The number of hydrogen-bond acceptors (Lipinski definition) is 6. The zero-order chi connectivity index (χ0) is 23.0. The summed E-state index contributed by atoms with van der Waals surface area (Å²) < 4.78 is 2.10. The van der Waals surface area contributed by atoms with Gasteiger partial charge in [0.15, 0.2) is 0 Å². The topological polar surface area (TPSA) is 85.5 Å². The predicted octanol–water partition coefficient (Wildman–Crippen LogP) is 5.82. The van der Waals surface area contributed by atoms with Crippen LogP contribution in [0.5, 0.6) is 0 Å². The fourth-order valence-electron chi connectivity index (χ4n) is 3.45. The van der Waals surface area contributed by atoms with Crippen molar-refractivity contribution < 1.29 is 14.5 Å². The third kappa shape index (κ3) is 4.21. The van der Waals surface area contributed by atoms with E-state index in [1.54, 1.807) is 18.2 Å². The second-order valence-electron chi connectivity index (χ2n) is 7.25. The number of hydrogen-bond donors (Lipinski definition) is 0. The van der Waals surface area contributed by atoms with E-state index in [0.717, 1.165) is 49.1 Å².